The van der Waals surface area contributed by atoms with E-state index >= 15 is 0 Å². The van der Waals surface area contributed by atoms with Crippen molar-refractivity contribution in [3.63, 3.8) is 0 Å². The molecular weight excluding hydrogens is 412 g/mol. The van der Waals surface area contributed by atoms with Crippen molar-refractivity contribution in [1.29, 1.82) is 0 Å². The summed E-state index contributed by atoms with van der Waals surface area (Å²) >= 11 is 1.29. The Morgan fingerprint density at radius 1 is 1.23 bits per heavy atom. The first kappa shape index (κ1) is 19.8. The standard InChI is InChI=1S/C21H17F2N3O3S/c1-2-28-18-9-12(7-8-17(18)29-20(22)23)19(27)26-21-25-16(11-30-21)14-10-24-15-6-4-3-5-13(14)15/h3-11,20,24H,2H2,1H3,(H,25,26,27). The van der Waals surface area contributed by atoms with Crippen LogP contribution in [-0.2, 0) is 0 Å². The topological polar surface area (TPSA) is 76.2 Å². The van der Waals surface area contributed by atoms with E-state index < -0.39 is 12.5 Å². The zero-order valence-corrected chi connectivity index (χ0v) is 16.6. The molecule has 4 aromatic rings. The van der Waals surface area contributed by atoms with Crippen molar-refractivity contribution in [2.24, 2.45) is 0 Å². The first-order chi connectivity index (χ1) is 14.5. The molecular formula is C21H17F2N3O3S. The van der Waals surface area contributed by atoms with E-state index in [1.54, 1.807) is 6.92 Å². The van der Waals surface area contributed by atoms with Gasteiger partial charge >= 0.3 is 6.61 Å². The Balaban J connectivity index is 1.54. The van der Waals surface area contributed by atoms with Crippen molar-refractivity contribution in [3.8, 4) is 22.8 Å². The minimum Gasteiger partial charge on any atom is -0.490 e. The molecule has 0 spiro atoms. The van der Waals surface area contributed by atoms with Crippen LogP contribution in [0.4, 0.5) is 13.9 Å². The maximum Gasteiger partial charge on any atom is 0.387 e. The van der Waals surface area contributed by atoms with Gasteiger partial charge in [-0.1, -0.05) is 18.2 Å². The largest absolute Gasteiger partial charge is 0.490 e. The SMILES string of the molecule is CCOc1cc(C(=O)Nc2nc(-c3c[nH]c4ccccc34)cs2)ccc1OC(F)F. The van der Waals surface area contributed by atoms with Crippen molar-refractivity contribution in [2.45, 2.75) is 13.5 Å². The zero-order valence-electron chi connectivity index (χ0n) is 15.8. The number of nitrogens with zero attached hydrogens (tertiary/aromatic N) is 1. The van der Waals surface area contributed by atoms with Crippen LogP contribution in [0.2, 0.25) is 0 Å². The number of para-hydroxylation sites is 1. The summed E-state index contributed by atoms with van der Waals surface area (Å²) in [6.45, 7) is -1.03. The van der Waals surface area contributed by atoms with Crippen molar-refractivity contribution in [1.82, 2.24) is 9.97 Å². The molecule has 0 fully saturated rings. The number of H-pyrrole nitrogens is 1. The van der Waals surface area contributed by atoms with Gasteiger partial charge in [0.15, 0.2) is 16.6 Å². The van der Waals surface area contributed by atoms with Crippen LogP contribution in [0.15, 0.2) is 54.0 Å². The Kier molecular flexibility index (Phi) is 5.62. The highest BCUT2D eigenvalue weighted by Crippen LogP contribution is 2.32. The second kappa shape index (κ2) is 8.50. The lowest BCUT2D eigenvalue weighted by Crippen LogP contribution is -2.12. The second-order valence-corrected chi connectivity index (χ2v) is 7.07. The average Bonchev–Trinajstić information content (AvgIpc) is 3.35. The summed E-state index contributed by atoms with van der Waals surface area (Å²) < 4.78 is 34.8. The molecule has 0 aliphatic carbocycles. The lowest BCUT2D eigenvalue weighted by atomic mass is 10.1. The Hall–Kier alpha value is -3.46. The van der Waals surface area contributed by atoms with Crippen molar-refractivity contribution >= 4 is 33.3 Å². The van der Waals surface area contributed by atoms with Gasteiger partial charge in [-0.3, -0.25) is 10.1 Å². The number of alkyl halides is 2. The normalized spacial score (nSPS) is 11.1. The number of ether oxygens (including phenoxy) is 2. The summed E-state index contributed by atoms with van der Waals surface area (Å²) in [5.74, 6) is -0.484. The summed E-state index contributed by atoms with van der Waals surface area (Å²) in [5.41, 5.74) is 2.92. The Bertz CT molecular complexity index is 1190. The van der Waals surface area contributed by atoms with Crippen LogP contribution in [0, 0.1) is 0 Å². The van der Waals surface area contributed by atoms with Crippen LogP contribution in [0.25, 0.3) is 22.2 Å². The number of halogens is 2. The monoisotopic (exact) mass is 429 g/mol. The predicted molar refractivity (Wildman–Crippen MR) is 112 cm³/mol. The molecule has 2 heterocycles. The molecule has 30 heavy (non-hydrogen) atoms. The third-order valence-electron chi connectivity index (χ3n) is 4.31. The van der Waals surface area contributed by atoms with E-state index in [9.17, 15) is 13.6 Å². The number of amides is 1. The Labute approximate surface area is 174 Å². The third kappa shape index (κ3) is 4.11. The Morgan fingerprint density at radius 2 is 2.07 bits per heavy atom. The van der Waals surface area contributed by atoms with Gasteiger partial charge in [0, 0.05) is 33.6 Å². The van der Waals surface area contributed by atoms with Crippen molar-refractivity contribution < 1.29 is 23.0 Å². The maximum atomic E-state index is 12.6. The molecule has 0 atom stereocenters. The lowest BCUT2D eigenvalue weighted by molar-refractivity contribution is -0.0514. The summed E-state index contributed by atoms with van der Waals surface area (Å²) in [7, 11) is 0. The first-order valence-corrected chi connectivity index (χ1v) is 9.98. The molecule has 9 heteroatoms. The molecule has 0 saturated heterocycles. The molecule has 4 rings (SSSR count). The number of nitrogens with one attached hydrogen (secondary N) is 2. The number of aromatic amines is 1. The summed E-state index contributed by atoms with van der Waals surface area (Å²) in [6.07, 6.45) is 1.88. The smallest absolute Gasteiger partial charge is 0.387 e. The van der Waals surface area contributed by atoms with Gasteiger partial charge in [0.2, 0.25) is 0 Å². The molecule has 0 saturated carbocycles. The lowest BCUT2D eigenvalue weighted by Gasteiger charge is -2.12. The van der Waals surface area contributed by atoms with E-state index in [1.807, 2.05) is 35.8 Å². The van der Waals surface area contributed by atoms with E-state index in [-0.39, 0.29) is 23.7 Å². The predicted octanol–water partition coefficient (Wildman–Crippen LogP) is 5.54. The first-order valence-electron chi connectivity index (χ1n) is 9.10. The second-order valence-electron chi connectivity index (χ2n) is 6.21. The highest BCUT2D eigenvalue weighted by atomic mass is 32.1. The van der Waals surface area contributed by atoms with Crippen LogP contribution >= 0.6 is 11.3 Å². The number of aromatic nitrogens is 2. The van der Waals surface area contributed by atoms with E-state index in [1.165, 1.54) is 29.5 Å². The summed E-state index contributed by atoms with van der Waals surface area (Å²) in [4.78, 5) is 20.3. The molecule has 2 N–H and O–H groups in total. The summed E-state index contributed by atoms with van der Waals surface area (Å²) in [5, 5.41) is 6.05. The van der Waals surface area contributed by atoms with Gasteiger partial charge in [0.25, 0.3) is 5.91 Å². The number of hydrogen-bond donors (Lipinski definition) is 2. The van der Waals surface area contributed by atoms with E-state index in [0.29, 0.717) is 5.13 Å². The number of anilines is 1. The molecule has 154 valence electrons. The van der Waals surface area contributed by atoms with Crippen molar-refractivity contribution in [2.75, 3.05) is 11.9 Å². The van der Waals surface area contributed by atoms with E-state index in [4.69, 9.17) is 4.74 Å². The number of fused-ring (bicyclic) bond motifs is 1. The number of benzene rings is 2. The van der Waals surface area contributed by atoms with Gasteiger partial charge < -0.3 is 14.5 Å². The molecule has 1 amide bonds. The highest BCUT2D eigenvalue weighted by Gasteiger charge is 2.16. The van der Waals surface area contributed by atoms with Crippen LogP contribution in [0.1, 0.15) is 17.3 Å². The number of hydrogen-bond acceptors (Lipinski definition) is 5. The molecule has 0 aliphatic rings. The van der Waals surface area contributed by atoms with Crippen molar-refractivity contribution in [3.05, 3.63) is 59.6 Å². The molecule has 0 radical (unpaired) electrons. The van der Waals surface area contributed by atoms with Gasteiger partial charge in [-0.05, 0) is 31.2 Å². The van der Waals surface area contributed by atoms with Gasteiger partial charge in [0.05, 0.1) is 12.3 Å². The quantitative estimate of drug-likeness (QED) is 0.404. The third-order valence-corrected chi connectivity index (χ3v) is 5.07. The number of thiazole rings is 1. The number of rotatable bonds is 7. The molecule has 2 aromatic heterocycles. The minimum atomic E-state index is -2.98. The van der Waals surface area contributed by atoms with E-state index in [0.717, 1.165) is 22.2 Å². The van der Waals surface area contributed by atoms with Gasteiger partial charge in [0.1, 0.15) is 0 Å². The highest BCUT2D eigenvalue weighted by molar-refractivity contribution is 7.14. The van der Waals surface area contributed by atoms with Gasteiger partial charge in [-0.25, -0.2) is 4.98 Å². The van der Waals surface area contributed by atoms with Crippen LogP contribution in [0.5, 0.6) is 11.5 Å². The fourth-order valence-electron chi connectivity index (χ4n) is 3.02. The molecule has 0 unspecified atom stereocenters. The minimum absolute atomic E-state index is 0.0732. The van der Waals surface area contributed by atoms with Crippen LogP contribution < -0.4 is 14.8 Å². The van der Waals surface area contributed by atoms with Gasteiger partial charge in [-0.2, -0.15) is 8.78 Å². The Morgan fingerprint density at radius 3 is 2.87 bits per heavy atom. The zero-order chi connectivity index (χ0) is 21.1. The number of carbonyl (C=O) groups is 1. The maximum absolute atomic E-state index is 12.6. The fourth-order valence-corrected chi connectivity index (χ4v) is 3.72. The van der Waals surface area contributed by atoms with E-state index in [2.05, 4.69) is 20.0 Å². The number of carbonyl (C=O) groups excluding carboxylic acids is 1. The fraction of sp³-hybridized carbons (Fsp3) is 0.143. The molecule has 2 aromatic carbocycles. The molecule has 6 nitrogen and oxygen atoms in total. The molecule has 0 bridgehead atoms. The average molecular weight is 429 g/mol. The molecule has 0 aliphatic heterocycles. The summed E-state index contributed by atoms with van der Waals surface area (Å²) in [6, 6.07) is 11.9. The van der Waals surface area contributed by atoms with Crippen LogP contribution in [-0.4, -0.2) is 29.1 Å². The van der Waals surface area contributed by atoms with Crippen LogP contribution in [0.3, 0.4) is 0 Å². The van der Waals surface area contributed by atoms with Gasteiger partial charge in [-0.15, -0.1) is 11.3 Å².